The molecule has 18 heavy (non-hydrogen) atoms. The van der Waals surface area contributed by atoms with Gasteiger partial charge in [-0.3, -0.25) is 4.90 Å². The van der Waals surface area contributed by atoms with E-state index < -0.39 is 0 Å². The molecule has 3 atom stereocenters. The first kappa shape index (κ1) is 13.6. The average molecular weight is 250 g/mol. The monoisotopic (exact) mass is 250 g/mol. The fourth-order valence-corrected chi connectivity index (χ4v) is 2.76. The fraction of sp³-hybridized carbons (Fsp3) is 0.733. The summed E-state index contributed by atoms with van der Waals surface area (Å²) >= 11 is 0. The second-order valence-corrected chi connectivity index (χ2v) is 5.59. The number of rotatable bonds is 3. The molecule has 1 N–H and O–H groups in total. The summed E-state index contributed by atoms with van der Waals surface area (Å²) in [5.74, 6) is 1.78. The first-order valence-electron chi connectivity index (χ1n) is 7.21. The van der Waals surface area contributed by atoms with Gasteiger partial charge in [0.15, 0.2) is 0 Å². The number of hydrogen-bond donors (Lipinski definition) is 1. The Balaban J connectivity index is 2.01. The van der Waals surface area contributed by atoms with E-state index in [0.717, 1.165) is 25.4 Å². The molecule has 2 rings (SSSR count). The van der Waals surface area contributed by atoms with Crippen molar-refractivity contribution in [1.29, 1.82) is 0 Å². The van der Waals surface area contributed by atoms with Gasteiger partial charge in [0.05, 0.1) is 12.3 Å². The van der Waals surface area contributed by atoms with E-state index >= 15 is 0 Å². The van der Waals surface area contributed by atoms with Crippen molar-refractivity contribution in [2.75, 3.05) is 19.6 Å². The third-order valence-electron chi connectivity index (χ3n) is 4.06. The molecule has 0 saturated carbocycles. The molecule has 1 aromatic rings. The molecular formula is C15H26N2O. The van der Waals surface area contributed by atoms with Crippen LogP contribution in [0.15, 0.2) is 22.8 Å². The lowest BCUT2D eigenvalue weighted by atomic mass is 10.0. The topological polar surface area (TPSA) is 28.4 Å². The lowest BCUT2D eigenvalue weighted by Gasteiger charge is -2.35. The van der Waals surface area contributed by atoms with Crippen molar-refractivity contribution in [3.05, 3.63) is 24.2 Å². The van der Waals surface area contributed by atoms with E-state index in [0.29, 0.717) is 18.0 Å². The molecule has 2 heterocycles. The van der Waals surface area contributed by atoms with E-state index in [4.69, 9.17) is 4.42 Å². The van der Waals surface area contributed by atoms with Crippen molar-refractivity contribution in [2.24, 2.45) is 5.92 Å². The highest BCUT2D eigenvalue weighted by Gasteiger charge is 2.23. The van der Waals surface area contributed by atoms with E-state index in [1.807, 2.05) is 6.07 Å². The van der Waals surface area contributed by atoms with Gasteiger partial charge in [-0.2, -0.15) is 0 Å². The molecular weight excluding hydrogens is 224 g/mol. The largest absolute Gasteiger partial charge is 0.468 e. The Morgan fingerprint density at radius 3 is 3.06 bits per heavy atom. The molecule has 0 spiro atoms. The Morgan fingerprint density at radius 1 is 1.56 bits per heavy atom. The molecule has 1 saturated heterocycles. The molecule has 1 aliphatic heterocycles. The van der Waals surface area contributed by atoms with Gasteiger partial charge in [0.1, 0.15) is 5.76 Å². The van der Waals surface area contributed by atoms with Crippen molar-refractivity contribution in [1.82, 2.24) is 10.2 Å². The van der Waals surface area contributed by atoms with E-state index in [9.17, 15) is 0 Å². The van der Waals surface area contributed by atoms with Crippen LogP contribution >= 0.6 is 0 Å². The van der Waals surface area contributed by atoms with Crippen LogP contribution < -0.4 is 5.32 Å². The van der Waals surface area contributed by atoms with Crippen LogP contribution in [-0.4, -0.2) is 30.6 Å². The quantitative estimate of drug-likeness (QED) is 0.893. The minimum Gasteiger partial charge on any atom is -0.468 e. The summed E-state index contributed by atoms with van der Waals surface area (Å²) in [4.78, 5) is 2.56. The zero-order valence-electron chi connectivity index (χ0n) is 11.9. The zero-order chi connectivity index (χ0) is 13.0. The average Bonchev–Trinajstić information content (AvgIpc) is 2.87. The van der Waals surface area contributed by atoms with Gasteiger partial charge < -0.3 is 9.73 Å². The molecule has 0 aliphatic carbocycles. The molecule has 0 radical (unpaired) electrons. The van der Waals surface area contributed by atoms with E-state index in [1.54, 1.807) is 6.26 Å². The van der Waals surface area contributed by atoms with Crippen molar-refractivity contribution < 1.29 is 4.42 Å². The first-order valence-corrected chi connectivity index (χ1v) is 7.21. The maximum atomic E-state index is 5.55. The lowest BCUT2D eigenvalue weighted by Crippen LogP contribution is -2.44. The Morgan fingerprint density at radius 2 is 2.39 bits per heavy atom. The smallest absolute Gasteiger partial charge is 0.120 e. The van der Waals surface area contributed by atoms with Crippen LogP contribution in [0.3, 0.4) is 0 Å². The minimum absolute atomic E-state index is 0.387. The first-order chi connectivity index (χ1) is 8.70. The van der Waals surface area contributed by atoms with Crippen LogP contribution in [0.2, 0.25) is 0 Å². The number of nitrogens with one attached hydrogen (secondary N) is 1. The Labute approximate surface area is 111 Å². The highest BCUT2D eigenvalue weighted by Crippen LogP contribution is 2.23. The standard InChI is InChI=1S/C15H26N2O/c1-4-14-7-8-17(11-12(2)10-16-14)13(3)15-6-5-9-18-15/h5-6,9,12-14,16H,4,7-8,10-11H2,1-3H3. The Hall–Kier alpha value is -0.800. The molecule has 0 amide bonds. The fourth-order valence-electron chi connectivity index (χ4n) is 2.76. The molecule has 102 valence electrons. The van der Waals surface area contributed by atoms with Crippen molar-refractivity contribution in [2.45, 2.75) is 45.7 Å². The molecule has 1 aliphatic rings. The third kappa shape index (κ3) is 3.36. The second-order valence-electron chi connectivity index (χ2n) is 5.59. The van der Waals surface area contributed by atoms with Crippen molar-refractivity contribution in [3.63, 3.8) is 0 Å². The van der Waals surface area contributed by atoms with Crippen LogP contribution in [-0.2, 0) is 0 Å². The van der Waals surface area contributed by atoms with Crippen molar-refractivity contribution in [3.8, 4) is 0 Å². The second kappa shape index (κ2) is 6.39. The molecule has 1 aromatic heterocycles. The number of nitrogens with zero attached hydrogens (tertiary/aromatic N) is 1. The molecule has 3 heteroatoms. The maximum absolute atomic E-state index is 5.55. The van der Waals surface area contributed by atoms with E-state index in [2.05, 4.69) is 37.1 Å². The summed E-state index contributed by atoms with van der Waals surface area (Å²) in [6.45, 7) is 10.3. The maximum Gasteiger partial charge on any atom is 0.120 e. The predicted molar refractivity (Wildman–Crippen MR) is 74.6 cm³/mol. The molecule has 3 unspecified atom stereocenters. The van der Waals surface area contributed by atoms with Gasteiger partial charge in [0, 0.05) is 19.1 Å². The predicted octanol–water partition coefficient (Wildman–Crippen LogP) is 3.05. The van der Waals surface area contributed by atoms with Crippen molar-refractivity contribution >= 4 is 0 Å². The van der Waals surface area contributed by atoms with Gasteiger partial charge in [0.25, 0.3) is 0 Å². The van der Waals surface area contributed by atoms with Crippen LogP contribution in [0.1, 0.15) is 45.4 Å². The van der Waals surface area contributed by atoms with Gasteiger partial charge in [-0.05, 0) is 44.4 Å². The van der Waals surface area contributed by atoms with E-state index in [1.165, 1.54) is 12.8 Å². The summed E-state index contributed by atoms with van der Waals surface area (Å²) in [7, 11) is 0. The summed E-state index contributed by atoms with van der Waals surface area (Å²) in [5.41, 5.74) is 0. The third-order valence-corrected chi connectivity index (χ3v) is 4.06. The summed E-state index contributed by atoms with van der Waals surface area (Å²) in [6.07, 6.45) is 4.22. The normalized spacial score (nSPS) is 28.6. The highest BCUT2D eigenvalue weighted by atomic mass is 16.3. The van der Waals surface area contributed by atoms with Crippen LogP contribution in [0.25, 0.3) is 0 Å². The molecule has 0 aromatic carbocycles. The van der Waals surface area contributed by atoms with E-state index in [-0.39, 0.29) is 0 Å². The van der Waals surface area contributed by atoms with Gasteiger partial charge in [-0.25, -0.2) is 0 Å². The highest BCUT2D eigenvalue weighted by molar-refractivity contribution is 5.03. The SMILES string of the molecule is CCC1CCN(C(C)c2ccco2)CC(C)CN1. The van der Waals surface area contributed by atoms with Crippen LogP contribution in [0.4, 0.5) is 0 Å². The Kier molecular flexibility index (Phi) is 4.84. The number of furan rings is 1. The molecule has 0 bridgehead atoms. The van der Waals surface area contributed by atoms with Gasteiger partial charge >= 0.3 is 0 Å². The van der Waals surface area contributed by atoms with Gasteiger partial charge in [0.2, 0.25) is 0 Å². The Bertz CT molecular complexity index is 336. The van der Waals surface area contributed by atoms with Crippen LogP contribution in [0, 0.1) is 5.92 Å². The summed E-state index contributed by atoms with van der Waals surface area (Å²) in [5, 5.41) is 3.67. The zero-order valence-corrected chi connectivity index (χ0v) is 11.9. The summed E-state index contributed by atoms with van der Waals surface area (Å²) in [6, 6.07) is 5.12. The van der Waals surface area contributed by atoms with Crippen LogP contribution in [0.5, 0.6) is 0 Å². The van der Waals surface area contributed by atoms with Gasteiger partial charge in [-0.15, -0.1) is 0 Å². The van der Waals surface area contributed by atoms with Gasteiger partial charge in [-0.1, -0.05) is 13.8 Å². The molecule has 3 nitrogen and oxygen atoms in total. The lowest BCUT2D eigenvalue weighted by molar-refractivity contribution is 0.139. The molecule has 1 fully saturated rings. The summed E-state index contributed by atoms with van der Waals surface area (Å²) < 4.78 is 5.55. The number of hydrogen-bond acceptors (Lipinski definition) is 3. The minimum atomic E-state index is 0.387.